The molecule has 6 heteroatoms. The molecule has 0 unspecified atom stereocenters. The Morgan fingerprint density at radius 1 is 1.15 bits per heavy atom. The Bertz CT molecular complexity index is 604. The summed E-state index contributed by atoms with van der Waals surface area (Å²) in [6, 6.07) is 8.86. The van der Waals surface area contributed by atoms with E-state index in [4.69, 9.17) is 4.99 Å². The molecule has 1 aromatic rings. The molecule has 0 aliphatic carbocycles. The molecule has 1 aromatic carbocycles. The van der Waals surface area contributed by atoms with Crippen molar-refractivity contribution < 1.29 is 4.79 Å². The second-order valence-electron chi connectivity index (χ2n) is 7.46. The van der Waals surface area contributed by atoms with Crippen molar-refractivity contribution in [1.82, 2.24) is 20.4 Å². The molecule has 0 saturated carbocycles. The summed E-state index contributed by atoms with van der Waals surface area (Å²) in [7, 11) is 0. The second-order valence-corrected chi connectivity index (χ2v) is 7.46. The number of carbonyl (C=O) groups is 1. The van der Waals surface area contributed by atoms with E-state index in [0.717, 1.165) is 51.6 Å². The molecular formula is C21H35N5O. The van der Waals surface area contributed by atoms with E-state index < -0.39 is 0 Å². The summed E-state index contributed by atoms with van der Waals surface area (Å²) in [5, 5.41) is 6.37. The zero-order chi connectivity index (χ0) is 19.6. The maximum Gasteiger partial charge on any atom is 0.234 e. The molecule has 0 radical (unpaired) electrons. The van der Waals surface area contributed by atoms with Crippen molar-refractivity contribution in [2.24, 2.45) is 4.99 Å². The fourth-order valence-corrected chi connectivity index (χ4v) is 3.16. The Hall–Kier alpha value is -2.08. The summed E-state index contributed by atoms with van der Waals surface area (Å²) in [5.74, 6) is 1.09. The number of benzene rings is 1. The van der Waals surface area contributed by atoms with Gasteiger partial charge in [0, 0.05) is 45.3 Å². The SMILES string of the molecule is CCNC(=NCCc1ccc(C)cc1)N1CCN(CC(=O)NC(C)C)CC1. The largest absolute Gasteiger partial charge is 0.357 e. The number of nitrogens with one attached hydrogen (secondary N) is 2. The lowest BCUT2D eigenvalue weighted by atomic mass is 10.1. The molecule has 0 spiro atoms. The van der Waals surface area contributed by atoms with Crippen LogP contribution >= 0.6 is 0 Å². The number of hydrogen-bond acceptors (Lipinski definition) is 3. The van der Waals surface area contributed by atoms with Crippen molar-refractivity contribution in [2.45, 2.75) is 40.2 Å². The highest BCUT2D eigenvalue weighted by Crippen LogP contribution is 2.05. The molecule has 2 N–H and O–H groups in total. The van der Waals surface area contributed by atoms with Crippen LogP contribution in [0.25, 0.3) is 0 Å². The lowest BCUT2D eigenvalue weighted by Crippen LogP contribution is -2.54. The van der Waals surface area contributed by atoms with Crippen LogP contribution in [0.1, 0.15) is 31.9 Å². The highest BCUT2D eigenvalue weighted by atomic mass is 16.2. The summed E-state index contributed by atoms with van der Waals surface area (Å²) in [4.78, 5) is 21.3. The van der Waals surface area contributed by atoms with E-state index in [-0.39, 0.29) is 11.9 Å². The summed E-state index contributed by atoms with van der Waals surface area (Å²) in [6.45, 7) is 13.9. The van der Waals surface area contributed by atoms with Gasteiger partial charge in [-0.15, -0.1) is 0 Å². The van der Waals surface area contributed by atoms with Crippen molar-refractivity contribution in [1.29, 1.82) is 0 Å². The summed E-state index contributed by atoms with van der Waals surface area (Å²) in [5.41, 5.74) is 2.61. The fraction of sp³-hybridized carbons (Fsp3) is 0.619. The molecule has 1 heterocycles. The molecule has 1 amide bonds. The first-order chi connectivity index (χ1) is 13.0. The van der Waals surface area contributed by atoms with Crippen LogP contribution in [0.2, 0.25) is 0 Å². The quantitative estimate of drug-likeness (QED) is 0.564. The van der Waals surface area contributed by atoms with Gasteiger partial charge in [-0.05, 0) is 39.7 Å². The molecule has 6 nitrogen and oxygen atoms in total. The maximum absolute atomic E-state index is 11.9. The average Bonchev–Trinajstić information content (AvgIpc) is 2.62. The number of rotatable bonds is 7. The van der Waals surface area contributed by atoms with Gasteiger partial charge in [0.1, 0.15) is 0 Å². The van der Waals surface area contributed by atoms with Gasteiger partial charge < -0.3 is 15.5 Å². The number of piperazine rings is 1. The Morgan fingerprint density at radius 2 is 1.81 bits per heavy atom. The number of hydrogen-bond donors (Lipinski definition) is 2. The Labute approximate surface area is 164 Å². The van der Waals surface area contributed by atoms with Gasteiger partial charge in [0.05, 0.1) is 6.54 Å². The van der Waals surface area contributed by atoms with E-state index in [2.05, 4.69) is 58.5 Å². The predicted molar refractivity (Wildman–Crippen MR) is 112 cm³/mol. The summed E-state index contributed by atoms with van der Waals surface area (Å²) in [6.07, 6.45) is 0.949. The minimum absolute atomic E-state index is 0.108. The van der Waals surface area contributed by atoms with Gasteiger partial charge in [-0.25, -0.2) is 0 Å². The topological polar surface area (TPSA) is 60.0 Å². The molecule has 27 heavy (non-hydrogen) atoms. The molecule has 1 saturated heterocycles. The standard InChI is InChI=1S/C21H35N5O/c1-5-22-21(23-11-10-19-8-6-18(4)7-9-19)26-14-12-25(13-15-26)16-20(27)24-17(2)3/h6-9,17H,5,10-16H2,1-4H3,(H,22,23)(H,24,27). The number of nitrogens with zero attached hydrogens (tertiary/aromatic N) is 3. The van der Waals surface area contributed by atoms with Crippen LogP contribution in [-0.4, -0.2) is 73.5 Å². The van der Waals surface area contributed by atoms with Crippen molar-refractivity contribution in [3.05, 3.63) is 35.4 Å². The van der Waals surface area contributed by atoms with Crippen LogP contribution in [-0.2, 0) is 11.2 Å². The maximum atomic E-state index is 11.9. The minimum atomic E-state index is 0.108. The Balaban J connectivity index is 1.82. The molecule has 0 bridgehead atoms. The fourth-order valence-electron chi connectivity index (χ4n) is 3.16. The van der Waals surface area contributed by atoms with Crippen LogP contribution in [0.4, 0.5) is 0 Å². The number of carbonyl (C=O) groups excluding carboxylic acids is 1. The van der Waals surface area contributed by atoms with E-state index in [9.17, 15) is 4.79 Å². The minimum Gasteiger partial charge on any atom is -0.357 e. The van der Waals surface area contributed by atoms with Gasteiger partial charge in [-0.1, -0.05) is 29.8 Å². The molecule has 150 valence electrons. The van der Waals surface area contributed by atoms with Gasteiger partial charge in [0.2, 0.25) is 5.91 Å². The van der Waals surface area contributed by atoms with Crippen LogP contribution in [0, 0.1) is 6.92 Å². The summed E-state index contributed by atoms with van der Waals surface area (Å²) >= 11 is 0. The van der Waals surface area contributed by atoms with E-state index in [1.807, 2.05) is 13.8 Å². The van der Waals surface area contributed by atoms with Gasteiger partial charge in [0.15, 0.2) is 5.96 Å². The monoisotopic (exact) mass is 373 g/mol. The molecule has 2 rings (SSSR count). The molecule has 1 aliphatic heterocycles. The van der Waals surface area contributed by atoms with Crippen LogP contribution in [0.3, 0.4) is 0 Å². The molecule has 1 fully saturated rings. The Morgan fingerprint density at radius 3 is 2.41 bits per heavy atom. The zero-order valence-electron chi connectivity index (χ0n) is 17.3. The van der Waals surface area contributed by atoms with Crippen LogP contribution < -0.4 is 10.6 Å². The zero-order valence-corrected chi connectivity index (χ0v) is 17.3. The van der Waals surface area contributed by atoms with Gasteiger partial charge in [0.25, 0.3) is 0 Å². The third kappa shape index (κ3) is 7.59. The van der Waals surface area contributed by atoms with E-state index in [1.165, 1.54) is 11.1 Å². The van der Waals surface area contributed by atoms with Gasteiger partial charge in [-0.3, -0.25) is 14.7 Å². The van der Waals surface area contributed by atoms with Crippen molar-refractivity contribution in [3.8, 4) is 0 Å². The first kappa shape index (κ1) is 21.2. The third-order valence-electron chi connectivity index (χ3n) is 4.61. The average molecular weight is 374 g/mol. The van der Waals surface area contributed by atoms with Crippen molar-refractivity contribution >= 4 is 11.9 Å². The smallest absolute Gasteiger partial charge is 0.234 e. The highest BCUT2D eigenvalue weighted by molar-refractivity contribution is 5.80. The molecule has 0 aromatic heterocycles. The number of aryl methyl sites for hydroxylation is 1. The van der Waals surface area contributed by atoms with Gasteiger partial charge >= 0.3 is 0 Å². The Kier molecular flexibility index (Phi) is 8.58. The lowest BCUT2D eigenvalue weighted by molar-refractivity contribution is -0.123. The van der Waals surface area contributed by atoms with Crippen molar-refractivity contribution in [3.63, 3.8) is 0 Å². The normalized spacial score (nSPS) is 15.9. The third-order valence-corrected chi connectivity index (χ3v) is 4.61. The van der Waals surface area contributed by atoms with Gasteiger partial charge in [-0.2, -0.15) is 0 Å². The number of amides is 1. The second kappa shape index (κ2) is 10.9. The summed E-state index contributed by atoms with van der Waals surface area (Å²) < 4.78 is 0. The number of aliphatic imine (C=N–C) groups is 1. The van der Waals surface area contributed by atoms with Crippen LogP contribution in [0.15, 0.2) is 29.3 Å². The van der Waals surface area contributed by atoms with E-state index in [0.29, 0.717) is 6.54 Å². The molecular weight excluding hydrogens is 338 g/mol. The number of guanidine groups is 1. The van der Waals surface area contributed by atoms with Crippen LogP contribution in [0.5, 0.6) is 0 Å². The molecule has 0 atom stereocenters. The highest BCUT2D eigenvalue weighted by Gasteiger charge is 2.21. The van der Waals surface area contributed by atoms with Crippen molar-refractivity contribution in [2.75, 3.05) is 45.8 Å². The predicted octanol–water partition coefficient (Wildman–Crippen LogP) is 1.65. The van der Waals surface area contributed by atoms with E-state index in [1.54, 1.807) is 0 Å². The first-order valence-corrected chi connectivity index (χ1v) is 10.1. The molecule has 1 aliphatic rings. The van der Waals surface area contributed by atoms with E-state index >= 15 is 0 Å². The lowest BCUT2D eigenvalue weighted by Gasteiger charge is -2.36. The first-order valence-electron chi connectivity index (χ1n) is 10.1.